The summed E-state index contributed by atoms with van der Waals surface area (Å²) in [6.07, 6.45) is 7.39. The molecule has 0 unspecified atom stereocenters. The van der Waals surface area contributed by atoms with Gasteiger partial charge in [-0.15, -0.1) is 0 Å². The Bertz CT molecular complexity index is 1390. The van der Waals surface area contributed by atoms with Crippen LogP contribution in [0.2, 0.25) is 0 Å². The molecule has 0 aliphatic rings. The van der Waals surface area contributed by atoms with Crippen molar-refractivity contribution in [1.82, 2.24) is 5.32 Å². The predicted octanol–water partition coefficient (Wildman–Crippen LogP) is 8.09. The number of hydrogen-bond donors (Lipinski definition) is 1. The van der Waals surface area contributed by atoms with Gasteiger partial charge >= 0.3 is 0 Å². The monoisotopic (exact) mass is 593 g/mol. The van der Waals surface area contributed by atoms with E-state index in [-0.39, 0.29) is 11.9 Å². The maximum absolute atomic E-state index is 13.0. The summed E-state index contributed by atoms with van der Waals surface area (Å²) >= 11 is 0. The van der Waals surface area contributed by atoms with Crippen molar-refractivity contribution in [2.24, 2.45) is 0 Å². The molecule has 4 rings (SSSR count). The molecule has 1 atom stereocenters. The third kappa shape index (κ3) is 10.9. The van der Waals surface area contributed by atoms with Crippen LogP contribution in [0.1, 0.15) is 49.7 Å². The minimum Gasteiger partial charge on any atom is -0.494 e. The number of rotatable bonds is 18. The lowest BCUT2D eigenvalue weighted by Crippen LogP contribution is -2.55. The van der Waals surface area contributed by atoms with E-state index in [1.165, 1.54) is 18.4 Å². The highest BCUT2D eigenvalue weighted by Crippen LogP contribution is 2.34. The van der Waals surface area contributed by atoms with E-state index in [0.717, 1.165) is 66.8 Å². The first-order valence-electron chi connectivity index (χ1n) is 16.0. The highest BCUT2D eigenvalue weighted by molar-refractivity contribution is 5.81. The lowest BCUT2D eigenvalue weighted by Gasteiger charge is -2.33. The van der Waals surface area contributed by atoms with Gasteiger partial charge in [0.2, 0.25) is 0 Å². The fourth-order valence-corrected chi connectivity index (χ4v) is 5.31. The van der Waals surface area contributed by atoms with Gasteiger partial charge in [-0.25, -0.2) is 0 Å². The van der Waals surface area contributed by atoms with Crippen molar-refractivity contribution in [2.75, 3.05) is 34.3 Å². The number of hydrogen-bond acceptors (Lipinski definition) is 3. The number of carbonyl (C=O) groups is 1. The normalized spacial score (nSPS) is 12.0. The molecule has 1 N–H and O–H groups in total. The van der Waals surface area contributed by atoms with Gasteiger partial charge in [-0.1, -0.05) is 117 Å². The Labute approximate surface area is 264 Å². The van der Waals surface area contributed by atoms with Crippen LogP contribution in [0.5, 0.6) is 11.5 Å². The molecule has 4 aromatic carbocycles. The molecule has 1 amide bonds. The Kier molecular flexibility index (Phi) is 12.9. The number of likely N-dealkylation sites (N-methyl/N-ethyl adjacent to an activating group) is 1. The van der Waals surface area contributed by atoms with Crippen molar-refractivity contribution in [3.8, 4) is 22.6 Å². The number of nitrogens with one attached hydrogen (secondary N) is 1. The lowest BCUT2D eigenvalue weighted by atomic mass is 10.0. The topological polar surface area (TPSA) is 47.6 Å². The van der Waals surface area contributed by atoms with Crippen molar-refractivity contribution in [3.63, 3.8) is 0 Å². The van der Waals surface area contributed by atoms with Crippen molar-refractivity contribution >= 4 is 5.91 Å². The molecule has 0 fully saturated rings. The van der Waals surface area contributed by atoms with Crippen LogP contribution in [-0.2, 0) is 17.8 Å². The van der Waals surface area contributed by atoms with Gasteiger partial charge in [-0.05, 0) is 47.7 Å². The highest BCUT2D eigenvalue weighted by Gasteiger charge is 2.31. The molecule has 0 spiro atoms. The van der Waals surface area contributed by atoms with Crippen LogP contribution in [0.15, 0.2) is 109 Å². The third-order valence-electron chi connectivity index (χ3n) is 7.92. The lowest BCUT2D eigenvalue weighted by molar-refractivity contribution is -0.886. The molecule has 0 saturated heterocycles. The van der Waals surface area contributed by atoms with Crippen LogP contribution in [0, 0.1) is 0 Å². The molecule has 0 saturated carbocycles. The van der Waals surface area contributed by atoms with Crippen LogP contribution >= 0.6 is 0 Å². The molecule has 232 valence electrons. The zero-order valence-electron chi connectivity index (χ0n) is 26.7. The molecule has 0 aromatic heterocycles. The second kappa shape index (κ2) is 17.3. The molecule has 44 heavy (non-hydrogen) atoms. The summed E-state index contributed by atoms with van der Waals surface area (Å²) < 4.78 is 13.0. The Hall–Kier alpha value is -4.09. The van der Waals surface area contributed by atoms with Gasteiger partial charge in [0.1, 0.15) is 18.1 Å². The van der Waals surface area contributed by atoms with Gasteiger partial charge in [0, 0.05) is 18.5 Å². The number of unbranched alkanes of at least 4 members (excludes halogenated alkanes) is 5. The summed E-state index contributed by atoms with van der Waals surface area (Å²) in [6.45, 7) is 1.96. The fourth-order valence-electron chi connectivity index (χ4n) is 5.31. The summed E-state index contributed by atoms with van der Waals surface area (Å²) in [4.78, 5) is 13.0. The number of carbonyl (C=O) groups excluding carboxylic acids is 1. The molecule has 5 heteroatoms. The van der Waals surface area contributed by atoms with Gasteiger partial charge in [0.25, 0.3) is 5.91 Å². The summed E-state index contributed by atoms with van der Waals surface area (Å²) in [5.74, 6) is 1.86. The van der Waals surface area contributed by atoms with Crippen LogP contribution in [-0.4, -0.2) is 50.7 Å². The fraction of sp³-hybridized carbons (Fsp3) is 0.359. The van der Waals surface area contributed by atoms with Crippen LogP contribution in [0.4, 0.5) is 0 Å². The number of benzene rings is 4. The van der Waals surface area contributed by atoms with Gasteiger partial charge in [0.15, 0.2) is 6.04 Å². The van der Waals surface area contributed by atoms with Crippen LogP contribution in [0.25, 0.3) is 11.1 Å². The van der Waals surface area contributed by atoms with E-state index in [9.17, 15) is 4.79 Å². The quantitative estimate of drug-likeness (QED) is 0.0937. The van der Waals surface area contributed by atoms with Gasteiger partial charge < -0.3 is 19.3 Å². The van der Waals surface area contributed by atoms with Gasteiger partial charge in [-0.3, -0.25) is 4.79 Å². The van der Waals surface area contributed by atoms with Crippen molar-refractivity contribution in [3.05, 3.63) is 120 Å². The molecule has 4 aromatic rings. The molecule has 0 aliphatic carbocycles. The van der Waals surface area contributed by atoms with Gasteiger partial charge in [0.05, 0.1) is 27.7 Å². The van der Waals surface area contributed by atoms with E-state index < -0.39 is 0 Å². The van der Waals surface area contributed by atoms with Crippen molar-refractivity contribution < 1.29 is 18.8 Å². The van der Waals surface area contributed by atoms with Crippen molar-refractivity contribution in [2.45, 2.75) is 57.6 Å². The molecular weight excluding hydrogens is 544 g/mol. The van der Waals surface area contributed by atoms with E-state index in [1.54, 1.807) is 0 Å². The van der Waals surface area contributed by atoms with Crippen molar-refractivity contribution in [1.29, 1.82) is 0 Å². The minimum atomic E-state index is -0.0980. The molecular formula is C39H49N2O3+. The number of amides is 1. The third-order valence-corrected chi connectivity index (χ3v) is 7.92. The zero-order valence-corrected chi connectivity index (χ0v) is 26.7. The largest absolute Gasteiger partial charge is 0.494 e. The molecule has 0 bridgehead atoms. The summed E-state index contributed by atoms with van der Waals surface area (Å²) in [5, 5.41) is 3.19. The second-order valence-corrected chi connectivity index (χ2v) is 12.4. The SMILES string of the molecule is C[N+](C)(C)[C@@H](Cc1ccccc1)C(=O)NCCCCCCCCOc1ccc(OCc2ccccc2)c(-c2ccccc2)c1. The van der Waals surface area contributed by atoms with E-state index in [1.807, 2.05) is 66.7 Å². The Morgan fingerprint density at radius 3 is 1.93 bits per heavy atom. The smallest absolute Gasteiger partial charge is 0.278 e. The first kappa shape index (κ1) is 32.8. The summed E-state index contributed by atoms with van der Waals surface area (Å²) in [6, 6.07) is 36.9. The Morgan fingerprint density at radius 1 is 0.682 bits per heavy atom. The average Bonchev–Trinajstić information content (AvgIpc) is 3.04. The number of nitrogens with zero attached hydrogens (tertiary/aromatic N) is 1. The zero-order chi connectivity index (χ0) is 31.0. The maximum atomic E-state index is 13.0. The van der Waals surface area contributed by atoms with E-state index in [2.05, 4.69) is 68.9 Å². The number of ether oxygens (including phenoxy) is 2. The van der Waals surface area contributed by atoms with E-state index >= 15 is 0 Å². The number of quaternary nitrogens is 1. The van der Waals surface area contributed by atoms with Crippen LogP contribution in [0.3, 0.4) is 0 Å². The summed E-state index contributed by atoms with van der Waals surface area (Å²) in [5.41, 5.74) is 4.50. The first-order valence-corrected chi connectivity index (χ1v) is 16.0. The van der Waals surface area contributed by atoms with Gasteiger partial charge in [-0.2, -0.15) is 0 Å². The van der Waals surface area contributed by atoms with Crippen LogP contribution < -0.4 is 14.8 Å². The Balaban J connectivity index is 1.13. The molecule has 0 aliphatic heterocycles. The minimum absolute atomic E-state index is 0.0980. The highest BCUT2D eigenvalue weighted by atomic mass is 16.5. The van der Waals surface area contributed by atoms with E-state index in [0.29, 0.717) is 17.7 Å². The Morgan fingerprint density at radius 2 is 1.27 bits per heavy atom. The molecule has 0 radical (unpaired) electrons. The predicted molar refractivity (Wildman–Crippen MR) is 181 cm³/mol. The standard InChI is InChI=1S/C39H48N2O3/c1-41(2,3)37(29-32-19-11-8-12-20-32)39(42)40-27-17-6-4-5-7-18-28-43-35-25-26-38(44-31-33-21-13-9-14-22-33)36(30-35)34-23-15-10-16-24-34/h8-16,19-26,30,37H,4-7,17-18,27-29,31H2,1-3H3/p+1/t37-/m0/s1. The average molecular weight is 594 g/mol. The van der Waals surface area contributed by atoms with E-state index in [4.69, 9.17) is 9.47 Å². The maximum Gasteiger partial charge on any atom is 0.278 e. The second-order valence-electron chi connectivity index (χ2n) is 12.4. The molecule has 5 nitrogen and oxygen atoms in total. The summed E-state index contributed by atoms with van der Waals surface area (Å²) in [7, 11) is 6.28. The molecule has 0 heterocycles. The first-order chi connectivity index (χ1) is 21.4.